The molecule has 0 bridgehead atoms. The van der Waals surface area contributed by atoms with E-state index in [1.807, 2.05) is 74.5 Å². The Kier molecular flexibility index (Phi) is 6.82. The molecule has 3 heteroatoms. The lowest BCUT2D eigenvalue weighted by Gasteiger charge is -2.18. The molecule has 29 heavy (non-hydrogen) atoms. The zero-order valence-electron chi connectivity index (χ0n) is 17.4. The van der Waals surface area contributed by atoms with E-state index in [2.05, 4.69) is 6.92 Å². The van der Waals surface area contributed by atoms with Gasteiger partial charge in [-0.25, -0.2) is 0 Å². The van der Waals surface area contributed by atoms with Gasteiger partial charge in [-0.3, -0.25) is 9.59 Å². The highest BCUT2D eigenvalue weighted by Gasteiger charge is 2.19. The van der Waals surface area contributed by atoms with Crippen molar-refractivity contribution in [2.24, 2.45) is 0 Å². The molecule has 0 aromatic heterocycles. The van der Waals surface area contributed by atoms with E-state index in [4.69, 9.17) is 4.74 Å². The van der Waals surface area contributed by atoms with Gasteiger partial charge >= 0.3 is 0 Å². The largest absolute Gasteiger partial charge is 0.486 e. The highest BCUT2D eigenvalue weighted by Crippen LogP contribution is 2.27. The van der Waals surface area contributed by atoms with Gasteiger partial charge in [0.05, 0.1) is 0 Å². The van der Waals surface area contributed by atoms with Crippen LogP contribution in [0.5, 0.6) is 5.75 Å². The minimum atomic E-state index is -0.0516. The SMILES string of the molecule is CCC(Oc1ccccc1)c1ccc(C(=O)CCC2=C(C)C=C(C)CC2=O)cc1. The molecule has 3 nitrogen and oxygen atoms in total. The number of para-hydroxylation sites is 1. The van der Waals surface area contributed by atoms with Crippen molar-refractivity contribution in [3.63, 3.8) is 0 Å². The zero-order chi connectivity index (χ0) is 20.8. The molecule has 0 aliphatic heterocycles. The molecule has 0 N–H and O–H groups in total. The molecule has 0 saturated carbocycles. The van der Waals surface area contributed by atoms with Crippen molar-refractivity contribution >= 4 is 11.6 Å². The zero-order valence-corrected chi connectivity index (χ0v) is 17.4. The summed E-state index contributed by atoms with van der Waals surface area (Å²) in [5.41, 5.74) is 4.60. The van der Waals surface area contributed by atoms with Crippen LogP contribution in [-0.4, -0.2) is 11.6 Å². The predicted octanol–water partition coefficient (Wildman–Crippen LogP) is 6.42. The maximum atomic E-state index is 12.6. The van der Waals surface area contributed by atoms with Crippen molar-refractivity contribution < 1.29 is 14.3 Å². The van der Waals surface area contributed by atoms with E-state index in [0.29, 0.717) is 24.8 Å². The smallest absolute Gasteiger partial charge is 0.163 e. The number of hydrogen-bond acceptors (Lipinski definition) is 3. The summed E-state index contributed by atoms with van der Waals surface area (Å²) < 4.78 is 6.08. The summed E-state index contributed by atoms with van der Waals surface area (Å²) in [6.45, 7) is 6.00. The van der Waals surface area contributed by atoms with Gasteiger partial charge in [0.2, 0.25) is 0 Å². The number of rotatable bonds is 8. The predicted molar refractivity (Wildman–Crippen MR) is 116 cm³/mol. The fraction of sp³-hybridized carbons (Fsp3) is 0.308. The summed E-state index contributed by atoms with van der Waals surface area (Å²) in [5, 5.41) is 0. The Labute approximate surface area is 173 Å². The molecule has 0 heterocycles. The van der Waals surface area contributed by atoms with E-state index in [-0.39, 0.29) is 17.7 Å². The standard InChI is InChI=1S/C26H28O3/c1-4-26(29-22-8-6-5-7-9-22)21-12-10-20(11-13-21)24(27)15-14-23-19(3)16-18(2)17-25(23)28/h5-13,16,26H,4,14-15,17H2,1-3H3. The molecule has 0 fully saturated rings. The number of carbonyl (C=O) groups is 2. The van der Waals surface area contributed by atoms with Gasteiger partial charge in [0, 0.05) is 18.4 Å². The minimum absolute atomic E-state index is 0.0516. The number of allylic oxidation sites excluding steroid dienone is 4. The van der Waals surface area contributed by atoms with Crippen molar-refractivity contribution in [1.29, 1.82) is 0 Å². The molecule has 1 unspecified atom stereocenters. The van der Waals surface area contributed by atoms with E-state index in [1.165, 1.54) is 0 Å². The second-order valence-corrected chi connectivity index (χ2v) is 7.63. The summed E-state index contributed by atoms with van der Waals surface area (Å²) in [7, 11) is 0. The molecule has 1 aliphatic carbocycles. The molecule has 0 radical (unpaired) electrons. The number of Topliss-reactive ketones (excluding diaryl/α,β-unsaturated/α-hetero) is 2. The molecule has 3 rings (SSSR count). The van der Waals surface area contributed by atoms with Gasteiger partial charge in [-0.2, -0.15) is 0 Å². The lowest BCUT2D eigenvalue weighted by Crippen LogP contribution is -2.12. The lowest BCUT2D eigenvalue weighted by atomic mass is 9.89. The van der Waals surface area contributed by atoms with Gasteiger partial charge in [-0.1, -0.05) is 61.0 Å². The number of benzene rings is 2. The Morgan fingerprint density at radius 3 is 2.34 bits per heavy atom. The Hall–Kier alpha value is -2.94. The number of ketones is 2. The van der Waals surface area contributed by atoms with E-state index in [1.54, 1.807) is 0 Å². The fourth-order valence-corrected chi connectivity index (χ4v) is 3.74. The maximum Gasteiger partial charge on any atom is 0.163 e. The number of carbonyl (C=O) groups excluding carboxylic acids is 2. The van der Waals surface area contributed by atoms with Gasteiger partial charge in [0.15, 0.2) is 11.6 Å². The Balaban J connectivity index is 1.64. The Bertz CT molecular complexity index is 934. The van der Waals surface area contributed by atoms with Gasteiger partial charge in [0.25, 0.3) is 0 Å². The summed E-state index contributed by atoms with van der Waals surface area (Å²) in [4.78, 5) is 24.9. The Morgan fingerprint density at radius 1 is 1.03 bits per heavy atom. The first-order chi connectivity index (χ1) is 14.0. The van der Waals surface area contributed by atoms with Crippen LogP contribution in [0.25, 0.3) is 0 Å². The van der Waals surface area contributed by atoms with Gasteiger partial charge < -0.3 is 4.74 Å². The Morgan fingerprint density at radius 2 is 1.72 bits per heavy atom. The topological polar surface area (TPSA) is 43.4 Å². The molecular formula is C26H28O3. The van der Waals surface area contributed by atoms with Crippen LogP contribution in [0.2, 0.25) is 0 Å². The normalized spacial score (nSPS) is 15.1. The molecular weight excluding hydrogens is 360 g/mol. The van der Waals surface area contributed by atoms with E-state index in [0.717, 1.165) is 34.5 Å². The third-order valence-electron chi connectivity index (χ3n) is 5.31. The highest BCUT2D eigenvalue weighted by molar-refractivity contribution is 6.01. The third kappa shape index (κ3) is 5.32. The number of hydrogen-bond donors (Lipinski definition) is 0. The van der Waals surface area contributed by atoms with Crippen molar-refractivity contribution in [3.05, 3.63) is 88.5 Å². The van der Waals surface area contributed by atoms with Crippen LogP contribution in [0.3, 0.4) is 0 Å². The van der Waals surface area contributed by atoms with Gasteiger partial charge in [-0.15, -0.1) is 0 Å². The van der Waals surface area contributed by atoms with Crippen LogP contribution in [0.15, 0.2) is 77.4 Å². The summed E-state index contributed by atoms with van der Waals surface area (Å²) in [6.07, 6.45) is 4.16. The molecule has 0 amide bonds. The van der Waals surface area contributed by atoms with Crippen LogP contribution < -0.4 is 4.74 Å². The van der Waals surface area contributed by atoms with Crippen LogP contribution >= 0.6 is 0 Å². The van der Waals surface area contributed by atoms with Crippen molar-refractivity contribution in [2.45, 2.75) is 52.6 Å². The van der Waals surface area contributed by atoms with Crippen LogP contribution in [0.4, 0.5) is 0 Å². The minimum Gasteiger partial charge on any atom is -0.486 e. The van der Waals surface area contributed by atoms with Crippen molar-refractivity contribution in [2.75, 3.05) is 0 Å². The fourth-order valence-electron chi connectivity index (χ4n) is 3.74. The van der Waals surface area contributed by atoms with Gasteiger partial charge in [0.1, 0.15) is 11.9 Å². The summed E-state index contributed by atoms with van der Waals surface area (Å²) in [6, 6.07) is 17.4. The van der Waals surface area contributed by atoms with E-state index < -0.39 is 0 Å². The molecule has 2 aromatic carbocycles. The summed E-state index contributed by atoms with van der Waals surface area (Å²) in [5.74, 6) is 1.05. The van der Waals surface area contributed by atoms with Crippen LogP contribution in [0, 0.1) is 0 Å². The van der Waals surface area contributed by atoms with Crippen molar-refractivity contribution in [3.8, 4) is 5.75 Å². The summed E-state index contributed by atoms with van der Waals surface area (Å²) >= 11 is 0. The second-order valence-electron chi connectivity index (χ2n) is 7.63. The second kappa shape index (κ2) is 9.51. The van der Waals surface area contributed by atoms with E-state index >= 15 is 0 Å². The number of ether oxygens (including phenoxy) is 1. The quantitative estimate of drug-likeness (QED) is 0.490. The first-order valence-electron chi connectivity index (χ1n) is 10.2. The third-order valence-corrected chi connectivity index (χ3v) is 5.31. The molecule has 0 saturated heterocycles. The van der Waals surface area contributed by atoms with Gasteiger partial charge in [-0.05, 0) is 55.5 Å². The van der Waals surface area contributed by atoms with Crippen molar-refractivity contribution in [1.82, 2.24) is 0 Å². The molecule has 150 valence electrons. The highest BCUT2D eigenvalue weighted by atomic mass is 16.5. The van der Waals surface area contributed by atoms with Crippen LogP contribution in [0.1, 0.15) is 68.5 Å². The first kappa shape index (κ1) is 20.8. The average molecular weight is 389 g/mol. The molecule has 1 aliphatic rings. The van der Waals surface area contributed by atoms with E-state index in [9.17, 15) is 9.59 Å². The van der Waals surface area contributed by atoms with Crippen LogP contribution in [-0.2, 0) is 4.79 Å². The molecule has 2 aromatic rings. The molecule has 0 spiro atoms. The lowest BCUT2D eigenvalue weighted by molar-refractivity contribution is -0.115. The average Bonchev–Trinajstić information content (AvgIpc) is 2.72. The first-order valence-corrected chi connectivity index (χ1v) is 10.2. The maximum absolute atomic E-state index is 12.6. The monoisotopic (exact) mass is 388 g/mol. The molecule has 1 atom stereocenters.